The molecule has 0 fully saturated rings. The minimum absolute atomic E-state index is 0.109. The molecular weight excluding hydrogens is 417 g/mol. The van der Waals surface area contributed by atoms with Crippen molar-refractivity contribution in [3.05, 3.63) is 83.2 Å². The number of pyridine rings is 1. The van der Waals surface area contributed by atoms with Gasteiger partial charge in [-0.1, -0.05) is 24.3 Å². The highest BCUT2D eigenvalue weighted by atomic mass is 19.4. The third-order valence-corrected chi connectivity index (χ3v) is 5.83. The molecule has 0 radical (unpaired) electrons. The average molecular weight is 436 g/mol. The number of hydrogen-bond donors (Lipinski definition) is 0. The predicted molar refractivity (Wildman–Crippen MR) is 114 cm³/mol. The van der Waals surface area contributed by atoms with E-state index in [1.54, 1.807) is 30.3 Å². The summed E-state index contributed by atoms with van der Waals surface area (Å²) in [5.41, 5.74) is 2.62. The highest BCUT2D eigenvalue weighted by molar-refractivity contribution is 5.98. The first-order valence-electron chi connectivity index (χ1n) is 10.2. The Labute approximate surface area is 182 Å². The van der Waals surface area contributed by atoms with Crippen LogP contribution in [0.5, 0.6) is 0 Å². The summed E-state index contributed by atoms with van der Waals surface area (Å²) in [4.78, 5) is 19.1. The zero-order chi connectivity index (χ0) is 22.5. The fourth-order valence-electron chi connectivity index (χ4n) is 4.36. The van der Waals surface area contributed by atoms with Crippen molar-refractivity contribution in [2.24, 2.45) is 7.05 Å². The lowest BCUT2D eigenvalue weighted by atomic mass is 9.96. The van der Waals surface area contributed by atoms with Gasteiger partial charge in [0.05, 0.1) is 29.0 Å². The number of carbonyl (C=O) groups excluding carboxylic acids is 1. The number of alkyl halides is 3. The van der Waals surface area contributed by atoms with Crippen LogP contribution in [0, 0.1) is 0 Å². The van der Waals surface area contributed by atoms with Crippen LogP contribution in [0.25, 0.3) is 22.2 Å². The van der Waals surface area contributed by atoms with Crippen LogP contribution < -0.4 is 0 Å². The van der Waals surface area contributed by atoms with Crippen LogP contribution in [0.4, 0.5) is 13.2 Å². The maximum Gasteiger partial charge on any atom is 0.417 e. The van der Waals surface area contributed by atoms with Gasteiger partial charge in [-0.3, -0.25) is 14.5 Å². The predicted octanol–water partition coefficient (Wildman–Crippen LogP) is 4.85. The zero-order valence-electron chi connectivity index (χ0n) is 17.2. The van der Waals surface area contributed by atoms with Crippen molar-refractivity contribution in [1.29, 1.82) is 0 Å². The van der Waals surface area contributed by atoms with E-state index in [0.29, 0.717) is 29.9 Å². The molecule has 8 heteroatoms. The molecular formula is C24H19F3N4O. The molecule has 0 saturated heterocycles. The van der Waals surface area contributed by atoms with Crippen LogP contribution in [-0.4, -0.2) is 32.1 Å². The molecule has 0 bridgehead atoms. The van der Waals surface area contributed by atoms with E-state index < -0.39 is 11.7 Å². The van der Waals surface area contributed by atoms with Crippen LogP contribution in [0.1, 0.15) is 27.2 Å². The van der Waals surface area contributed by atoms with Crippen molar-refractivity contribution in [3.63, 3.8) is 0 Å². The van der Waals surface area contributed by atoms with Gasteiger partial charge in [-0.2, -0.15) is 18.3 Å². The third-order valence-electron chi connectivity index (χ3n) is 5.83. The number of halogens is 3. The standard InChI is InChI=1S/C24H19F3N4O/c1-30-22(17-6-2-3-7-19(17)24(25,26)27)18-10-12-31(14-21(18)29-30)23(32)16-8-9-20-15(13-16)5-4-11-28-20/h2-9,11,13H,10,12,14H2,1H3. The molecule has 0 saturated carbocycles. The molecule has 2 aromatic heterocycles. The first kappa shape index (κ1) is 20.2. The Kier molecular flexibility index (Phi) is 4.73. The van der Waals surface area contributed by atoms with Gasteiger partial charge < -0.3 is 4.90 Å². The number of amides is 1. The Balaban J connectivity index is 1.48. The fourth-order valence-corrected chi connectivity index (χ4v) is 4.36. The van der Waals surface area contributed by atoms with E-state index >= 15 is 0 Å². The van der Waals surface area contributed by atoms with Gasteiger partial charge in [-0.05, 0) is 36.8 Å². The smallest absolute Gasteiger partial charge is 0.332 e. The monoisotopic (exact) mass is 436 g/mol. The molecule has 0 aliphatic carbocycles. The lowest BCUT2D eigenvalue weighted by Crippen LogP contribution is -2.36. The van der Waals surface area contributed by atoms with Gasteiger partial charge in [-0.25, -0.2) is 0 Å². The number of fused-ring (bicyclic) bond motifs is 2. The first-order valence-corrected chi connectivity index (χ1v) is 10.2. The summed E-state index contributed by atoms with van der Waals surface area (Å²) in [6.07, 6.45) is -2.33. The van der Waals surface area contributed by atoms with E-state index in [9.17, 15) is 18.0 Å². The second-order valence-corrected chi connectivity index (χ2v) is 7.83. The summed E-state index contributed by atoms with van der Waals surface area (Å²) in [6.45, 7) is 0.658. The lowest BCUT2D eigenvalue weighted by molar-refractivity contribution is -0.137. The molecule has 2 aromatic carbocycles. The van der Waals surface area contributed by atoms with Crippen LogP contribution >= 0.6 is 0 Å². The van der Waals surface area contributed by atoms with Gasteiger partial charge >= 0.3 is 6.18 Å². The minimum Gasteiger partial charge on any atom is -0.332 e. The molecule has 0 atom stereocenters. The van der Waals surface area contributed by atoms with Crippen molar-refractivity contribution in [1.82, 2.24) is 19.7 Å². The van der Waals surface area contributed by atoms with E-state index in [-0.39, 0.29) is 18.0 Å². The van der Waals surface area contributed by atoms with Crippen LogP contribution in [0.15, 0.2) is 60.8 Å². The Morgan fingerprint density at radius 3 is 2.69 bits per heavy atom. The summed E-state index contributed by atoms with van der Waals surface area (Å²) < 4.78 is 42.2. The van der Waals surface area contributed by atoms with Crippen LogP contribution in [0.3, 0.4) is 0 Å². The highest BCUT2D eigenvalue weighted by Gasteiger charge is 2.36. The number of carbonyl (C=O) groups is 1. The molecule has 0 unspecified atom stereocenters. The molecule has 1 aliphatic heterocycles. The lowest BCUT2D eigenvalue weighted by Gasteiger charge is -2.27. The largest absolute Gasteiger partial charge is 0.417 e. The number of aromatic nitrogens is 3. The average Bonchev–Trinajstić information content (AvgIpc) is 3.12. The zero-order valence-corrected chi connectivity index (χ0v) is 17.2. The summed E-state index contributed by atoms with van der Waals surface area (Å²) in [5.74, 6) is -0.135. The summed E-state index contributed by atoms with van der Waals surface area (Å²) in [6, 6.07) is 14.6. The number of hydrogen-bond acceptors (Lipinski definition) is 3. The van der Waals surface area contributed by atoms with E-state index in [1.807, 2.05) is 24.3 Å². The van der Waals surface area contributed by atoms with Gasteiger partial charge in [0, 0.05) is 41.9 Å². The fraction of sp³-hybridized carbons (Fsp3) is 0.208. The van der Waals surface area contributed by atoms with Crippen molar-refractivity contribution in [2.45, 2.75) is 19.1 Å². The molecule has 5 nitrogen and oxygen atoms in total. The molecule has 1 amide bonds. The molecule has 0 spiro atoms. The first-order chi connectivity index (χ1) is 15.3. The van der Waals surface area contributed by atoms with Crippen LogP contribution in [0.2, 0.25) is 0 Å². The molecule has 3 heterocycles. The van der Waals surface area contributed by atoms with Gasteiger partial charge in [0.1, 0.15) is 0 Å². The van der Waals surface area contributed by atoms with Gasteiger partial charge in [0.2, 0.25) is 0 Å². The Hall–Kier alpha value is -3.68. The van der Waals surface area contributed by atoms with Crippen molar-refractivity contribution >= 4 is 16.8 Å². The Morgan fingerprint density at radius 1 is 1.06 bits per heavy atom. The number of benzene rings is 2. The molecule has 5 rings (SSSR count). The normalized spacial score (nSPS) is 13.9. The van der Waals surface area contributed by atoms with Crippen molar-refractivity contribution in [3.8, 4) is 11.3 Å². The van der Waals surface area contributed by atoms with E-state index in [4.69, 9.17) is 0 Å². The quantitative estimate of drug-likeness (QED) is 0.451. The molecule has 1 aliphatic rings. The molecule has 4 aromatic rings. The maximum absolute atomic E-state index is 13.6. The third kappa shape index (κ3) is 3.41. The number of rotatable bonds is 2. The van der Waals surface area contributed by atoms with Gasteiger partial charge in [0.25, 0.3) is 5.91 Å². The minimum atomic E-state index is -4.46. The summed E-state index contributed by atoms with van der Waals surface area (Å²) >= 11 is 0. The Morgan fingerprint density at radius 2 is 1.88 bits per heavy atom. The molecule has 162 valence electrons. The molecule has 32 heavy (non-hydrogen) atoms. The summed E-state index contributed by atoms with van der Waals surface area (Å²) in [5, 5.41) is 5.35. The van der Waals surface area contributed by atoms with Gasteiger partial charge in [-0.15, -0.1) is 0 Å². The number of nitrogens with zero attached hydrogens (tertiary/aromatic N) is 4. The highest BCUT2D eigenvalue weighted by Crippen LogP contribution is 2.39. The van der Waals surface area contributed by atoms with Crippen molar-refractivity contribution < 1.29 is 18.0 Å². The second-order valence-electron chi connectivity index (χ2n) is 7.83. The second kappa shape index (κ2) is 7.47. The van der Waals surface area contributed by atoms with E-state index in [0.717, 1.165) is 22.5 Å². The van der Waals surface area contributed by atoms with Crippen molar-refractivity contribution in [2.75, 3.05) is 6.54 Å². The Bertz CT molecular complexity index is 1340. The number of aryl methyl sites for hydroxylation is 1. The summed E-state index contributed by atoms with van der Waals surface area (Å²) in [7, 11) is 1.64. The van der Waals surface area contributed by atoms with Gasteiger partial charge in [0.15, 0.2) is 0 Å². The van der Waals surface area contributed by atoms with E-state index in [2.05, 4.69) is 10.1 Å². The maximum atomic E-state index is 13.6. The molecule has 0 N–H and O–H groups in total. The van der Waals surface area contributed by atoms with Crippen LogP contribution in [-0.2, 0) is 26.2 Å². The topological polar surface area (TPSA) is 51.0 Å². The van der Waals surface area contributed by atoms with E-state index in [1.165, 1.54) is 16.8 Å². The SMILES string of the molecule is Cn1nc2c(c1-c1ccccc1C(F)(F)F)CCN(C(=O)c1ccc3ncccc3c1)C2.